The van der Waals surface area contributed by atoms with E-state index in [-0.39, 0.29) is 0 Å². The number of benzene rings is 2. The van der Waals surface area contributed by atoms with Crippen LogP contribution in [0, 0.1) is 6.92 Å². The van der Waals surface area contributed by atoms with E-state index < -0.39 is 9.84 Å². The molecule has 0 atom stereocenters. The molecule has 1 fully saturated rings. The molecule has 136 valence electrons. The highest BCUT2D eigenvalue weighted by Crippen LogP contribution is 2.37. The zero-order chi connectivity index (χ0) is 18.3. The molecule has 0 bridgehead atoms. The van der Waals surface area contributed by atoms with E-state index in [1.165, 1.54) is 0 Å². The van der Waals surface area contributed by atoms with Gasteiger partial charge in [-0.15, -0.1) is 0 Å². The highest BCUT2D eigenvalue weighted by molar-refractivity contribution is 7.91. The van der Waals surface area contributed by atoms with Gasteiger partial charge in [-0.3, -0.25) is 0 Å². The molecule has 2 aromatic carbocycles. The van der Waals surface area contributed by atoms with Crippen molar-refractivity contribution in [3.05, 3.63) is 54.2 Å². The topological polar surface area (TPSA) is 54.3 Å². The predicted octanol–water partition coefficient (Wildman–Crippen LogP) is 2.73. The fourth-order valence-electron chi connectivity index (χ4n) is 3.80. The lowest BCUT2D eigenvalue weighted by Gasteiger charge is -2.30. The largest absolute Gasteiger partial charge is 0.367 e. The van der Waals surface area contributed by atoms with Crippen molar-refractivity contribution in [3.8, 4) is 0 Å². The zero-order valence-electron chi connectivity index (χ0n) is 15.1. The molecule has 1 aliphatic heterocycles. The maximum Gasteiger partial charge on any atom is 0.208 e. The fourth-order valence-corrected chi connectivity index (χ4v) is 5.53. The van der Waals surface area contributed by atoms with Gasteiger partial charge >= 0.3 is 0 Å². The molecule has 1 N–H and O–H groups in total. The summed E-state index contributed by atoms with van der Waals surface area (Å²) in [5.74, 6) is 0. The van der Waals surface area contributed by atoms with Gasteiger partial charge in [-0.2, -0.15) is 0 Å². The van der Waals surface area contributed by atoms with Crippen LogP contribution in [0.25, 0.3) is 10.9 Å². The molecule has 1 aliphatic rings. The Morgan fingerprint density at radius 3 is 2.35 bits per heavy atom. The van der Waals surface area contributed by atoms with Gasteiger partial charge in [-0.05, 0) is 25.1 Å². The van der Waals surface area contributed by atoms with E-state index in [0.717, 1.165) is 48.5 Å². The molecule has 1 saturated heterocycles. The number of nitrogens with zero attached hydrogens (tertiary/aromatic N) is 2. The highest BCUT2D eigenvalue weighted by atomic mass is 32.2. The van der Waals surface area contributed by atoms with Gasteiger partial charge in [0.05, 0.1) is 16.1 Å². The van der Waals surface area contributed by atoms with Crippen molar-refractivity contribution in [1.82, 2.24) is 9.88 Å². The van der Waals surface area contributed by atoms with Crippen LogP contribution in [0.15, 0.2) is 58.3 Å². The summed E-state index contributed by atoms with van der Waals surface area (Å²) in [6, 6.07) is 14.6. The van der Waals surface area contributed by atoms with Crippen molar-refractivity contribution in [2.24, 2.45) is 7.05 Å². The van der Waals surface area contributed by atoms with Crippen molar-refractivity contribution >= 4 is 26.4 Å². The molecule has 0 unspecified atom stereocenters. The normalized spacial score (nSPS) is 15.5. The molecule has 6 heteroatoms. The molecule has 4 rings (SSSR count). The van der Waals surface area contributed by atoms with Crippen molar-refractivity contribution in [1.29, 1.82) is 0 Å². The van der Waals surface area contributed by atoms with Gasteiger partial charge in [0, 0.05) is 44.3 Å². The summed E-state index contributed by atoms with van der Waals surface area (Å²) >= 11 is 0. The second-order valence-corrected chi connectivity index (χ2v) is 8.59. The molecule has 26 heavy (non-hydrogen) atoms. The van der Waals surface area contributed by atoms with Gasteiger partial charge in [0.15, 0.2) is 0 Å². The van der Waals surface area contributed by atoms with Crippen LogP contribution in [0.2, 0.25) is 0 Å². The van der Waals surface area contributed by atoms with Crippen molar-refractivity contribution in [3.63, 3.8) is 0 Å². The SMILES string of the molecule is Cc1c(S(=O)(=O)c2ccccc2)c2cccc(N3CCNCC3)c2n1C. The molecule has 5 nitrogen and oxygen atoms in total. The quantitative estimate of drug-likeness (QED) is 0.771. The van der Waals surface area contributed by atoms with E-state index in [1.807, 2.05) is 36.7 Å². The first kappa shape index (κ1) is 17.1. The lowest BCUT2D eigenvalue weighted by atomic mass is 10.2. The van der Waals surface area contributed by atoms with Crippen LogP contribution in [0.4, 0.5) is 5.69 Å². The third-order valence-electron chi connectivity index (χ3n) is 5.21. The van der Waals surface area contributed by atoms with Crippen LogP contribution < -0.4 is 10.2 Å². The monoisotopic (exact) mass is 369 g/mol. The Morgan fingerprint density at radius 1 is 0.962 bits per heavy atom. The van der Waals surface area contributed by atoms with Gasteiger partial charge in [0.1, 0.15) is 4.90 Å². The molecule has 0 aliphatic carbocycles. The van der Waals surface area contributed by atoms with Crippen LogP contribution in [-0.2, 0) is 16.9 Å². The third kappa shape index (κ3) is 2.61. The van der Waals surface area contributed by atoms with Crippen LogP contribution >= 0.6 is 0 Å². The van der Waals surface area contributed by atoms with Crippen molar-refractivity contribution in [2.75, 3.05) is 31.1 Å². The summed E-state index contributed by atoms with van der Waals surface area (Å²) in [6.45, 7) is 5.61. The summed E-state index contributed by atoms with van der Waals surface area (Å²) in [4.78, 5) is 3.08. The van der Waals surface area contributed by atoms with Crippen LogP contribution in [0.3, 0.4) is 0 Å². The van der Waals surface area contributed by atoms with Crippen LogP contribution in [0.5, 0.6) is 0 Å². The Balaban J connectivity index is 1.97. The van der Waals surface area contributed by atoms with Gasteiger partial charge < -0.3 is 14.8 Å². The maximum absolute atomic E-state index is 13.3. The summed E-state index contributed by atoms with van der Waals surface area (Å²) in [7, 11) is -1.62. The number of anilines is 1. The second kappa shape index (κ2) is 6.45. The van der Waals surface area contributed by atoms with E-state index in [1.54, 1.807) is 24.3 Å². The van der Waals surface area contributed by atoms with E-state index in [9.17, 15) is 8.42 Å². The molecule has 1 aromatic heterocycles. The van der Waals surface area contributed by atoms with Crippen LogP contribution in [-0.4, -0.2) is 39.2 Å². The first-order valence-electron chi connectivity index (χ1n) is 8.85. The minimum atomic E-state index is -3.57. The number of hydrogen-bond donors (Lipinski definition) is 1. The summed E-state index contributed by atoms with van der Waals surface area (Å²) < 4.78 is 28.7. The maximum atomic E-state index is 13.3. The number of aryl methyl sites for hydroxylation is 1. The predicted molar refractivity (Wildman–Crippen MR) is 105 cm³/mol. The van der Waals surface area contributed by atoms with E-state index in [2.05, 4.69) is 16.3 Å². The third-order valence-corrected chi connectivity index (χ3v) is 7.15. The lowest BCUT2D eigenvalue weighted by molar-refractivity contribution is 0.589. The molecule has 0 spiro atoms. The molecule has 0 radical (unpaired) electrons. The molecule has 3 aromatic rings. The fraction of sp³-hybridized carbons (Fsp3) is 0.300. The summed E-state index contributed by atoms with van der Waals surface area (Å²) in [6.07, 6.45) is 0. The van der Waals surface area contributed by atoms with Gasteiger partial charge in [-0.25, -0.2) is 8.42 Å². The van der Waals surface area contributed by atoms with Crippen molar-refractivity contribution in [2.45, 2.75) is 16.7 Å². The Labute approximate surface area is 154 Å². The zero-order valence-corrected chi connectivity index (χ0v) is 15.9. The van der Waals surface area contributed by atoms with Crippen molar-refractivity contribution < 1.29 is 8.42 Å². The Kier molecular flexibility index (Phi) is 4.25. The number of sulfone groups is 1. The average Bonchev–Trinajstić information content (AvgIpc) is 2.94. The second-order valence-electron chi connectivity index (χ2n) is 6.70. The number of para-hydroxylation sites is 1. The van der Waals surface area contributed by atoms with Gasteiger partial charge in [0.25, 0.3) is 0 Å². The number of aromatic nitrogens is 1. The molecular formula is C20H23N3O2S. The smallest absolute Gasteiger partial charge is 0.208 e. The standard InChI is InChI=1S/C20H23N3O2S/c1-15-20(26(24,25)16-7-4-3-5-8-16)17-9-6-10-18(19(17)22(15)2)23-13-11-21-12-14-23/h3-10,21H,11-14H2,1-2H3. The summed E-state index contributed by atoms with van der Waals surface area (Å²) in [5, 5.41) is 4.16. The lowest BCUT2D eigenvalue weighted by Crippen LogP contribution is -2.43. The number of rotatable bonds is 3. The average molecular weight is 369 g/mol. The van der Waals surface area contributed by atoms with E-state index in [0.29, 0.717) is 9.79 Å². The van der Waals surface area contributed by atoms with Crippen LogP contribution in [0.1, 0.15) is 5.69 Å². The molecule has 0 saturated carbocycles. The first-order valence-corrected chi connectivity index (χ1v) is 10.3. The van der Waals surface area contributed by atoms with E-state index in [4.69, 9.17) is 0 Å². The number of hydrogen-bond acceptors (Lipinski definition) is 4. The Morgan fingerprint density at radius 2 is 1.65 bits per heavy atom. The Hall–Kier alpha value is -2.31. The first-order chi connectivity index (χ1) is 12.5. The minimum Gasteiger partial charge on any atom is -0.367 e. The van der Waals surface area contributed by atoms with Gasteiger partial charge in [0.2, 0.25) is 9.84 Å². The summed E-state index contributed by atoms with van der Waals surface area (Å²) in [5.41, 5.74) is 2.86. The minimum absolute atomic E-state index is 0.336. The van der Waals surface area contributed by atoms with E-state index >= 15 is 0 Å². The number of piperazine rings is 1. The number of fused-ring (bicyclic) bond motifs is 1. The molecule has 2 heterocycles. The molecular weight excluding hydrogens is 346 g/mol. The highest BCUT2D eigenvalue weighted by Gasteiger charge is 2.28. The van der Waals surface area contributed by atoms with Gasteiger partial charge in [-0.1, -0.05) is 30.3 Å². The molecule has 0 amide bonds. The number of nitrogens with one attached hydrogen (secondary N) is 1. The Bertz CT molecular complexity index is 1050.